The largest absolute Gasteiger partial charge is 0.341 e. The second-order valence-corrected chi connectivity index (χ2v) is 7.08. The Morgan fingerprint density at radius 3 is 2.23 bits per heavy atom. The zero-order valence-corrected chi connectivity index (χ0v) is 14.0. The number of carbonyl (C=O) groups excluding carboxylic acids is 2. The molecular formula is C17H29N3O2. The summed E-state index contributed by atoms with van der Waals surface area (Å²) < 4.78 is 0. The molecule has 0 N–H and O–H groups in total. The van der Waals surface area contributed by atoms with E-state index in [0.29, 0.717) is 12.1 Å². The highest BCUT2D eigenvalue weighted by Crippen LogP contribution is 2.32. The summed E-state index contributed by atoms with van der Waals surface area (Å²) in [5, 5.41) is 0. The van der Waals surface area contributed by atoms with Gasteiger partial charge in [0.05, 0.1) is 6.04 Å². The molecule has 3 aliphatic rings. The van der Waals surface area contributed by atoms with Gasteiger partial charge in [-0.05, 0) is 52.0 Å². The van der Waals surface area contributed by atoms with E-state index >= 15 is 0 Å². The van der Waals surface area contributed by atoms with E-state index in [4.69, 9.17) is 0 Å². The number of rotatable bonds is 3. The molecule has 0 aromatic rings. The molecular weight excluding hydrogens is 278 g/mol. The topological polar surface area (TPSA) is 43.9 Å². The summed E-state index contributed by atoms with van der Waals surface area (Å²) in [4.78, 5) is 31.0. The zero-order chi connectivity index (χ0) is 15.7. The molecule has 0 aromatic heterocycles. The third kappa shape index (κ3) is 2.87. The summed E-state index contributed by atoms with van der Waals surface area (Å²) in [7, 11) is 0. The average Bonchev–Trinajstić information content (AvgIpc) is 3.24. The van der Waals surface area contributed by atoms with Gasteiger partial charge in [-0.15, -0.1) is 0 Å². The fourth-order valence-electron chi connectivity index (χ4n) is 4.64. The summed E-state index contributed by atoms with van der Waals surface area (Å²) in [5.74, 6) is 0.477. The lowest BCUT2D eigenvalue weighted by atomic mass is 10.0. The first-order valence-electron chi connectivity index (χ1n) is 8.91. The molecule has 22 heavy (non-hydrogen) atoms. The molecule has 0 radical (unpaired) electrons. The normalized spacial score (nSPS) is 31.0. The minimum absolute atomic E-state index is 0.0417. The van der Waals surface area contributed by atoms with Crippen LogP contribution in [-0.2, 0) is 9.59 Å². The van der Waals surface area contributed by atoms with Crippen LogP contribution in [0.5, 0.6) is 0 Å². The number of likely N-dealkylation sites (tertiary alicyclic amines) is 3. The highest BCUT2D eigenvalue weighted by Gasteiger charge is 2.42. The van der Waals surface area contributed by atoms with Gasteiger partial charge in [-0.2, -0.15) is 0 Å². The van der Waals surface area contributed by atoms with Crippen LogP contribution in [0, 0.1) is 0 Å². The van der Waals surface area contributed by atoms with Gasteiger partial charge in [0.1, 0.15) is 0 Å². The lowest BCUT2D eigenvalue weighted by molar-refractivity contribution is -0.136. The SMILES string of the molecule is CC(=O)N1CCC[C@@H]1[C@@H]1CCCN1[C@@H](C)C(=O)N1CCCC1. The first kappa shape index (κ1) is 15.8. The molecule has 5 heteroatoms. The van der Waals surface area contributed by atoms with Crippen LogP contribution in [0.25, 0.3) is 0 Å². The summed E-state index contributed by atoms with van der Waals surface area (Å²) in [6.45, 7) is 7.46. The number of amides is 2. The molecule has 0 aromatic carbocycles. The van der Waals surface area contributed by atoms with Gasteiger partial charge in [0.25, 0.3) is 0 Å². The summed E-state index contributed by atoms with van der Waals surface area (Å²) in [6.07, 6.45) is 6.73. The summed E-state index contributed by atoms with van der Waals surface area (Å²) in [5.41, 5.74) is 0. The molecule has 124 valence electrons. The summed E-state index contributed by atoms with van der Waals surface area (Å²) in [6, 6.07) is 0.641. The highest BCUT2D eigenvalue weighted by molar-refractivity contribution is 5.81. The van der Waals surface area contributed by atoms with E-state index in [-0.39, 0.29) is 17.9 Å². The van der Waals surface area contributed by atoms with Gasteiger partial charge in [0, 0.05) is 38.6 Å². The minimum atomic E-state index is -0.0417. The van der Waals surface area contributed by atoms with E-state index in [1.807, 2.05) is 9.80 Å². The molecule has 0 bridgehead atoms. The van der Waals surface area contributed by atoms with E-state index in [2.05, 4.69) is 11.8 Å². The standard InChI is InChI=1S/C17H29N3O2/c1-13(17(22)18-9-3-4-10-18)19-11-5-7-15(19)16-8-6-12-20(16)14(2)21/h13,15-16H,3-12H2,1-2H3/t13-,15-,16+/m0/s1. The Bertz CT molecular complexity index is 434. The van der Waals surface area contributed by atoms with E-state index in [1.165, 1.54) is 0 Å². The van der Waals surface area contributed by atoms with Crippen LogP contribution in [0.1, 0.15) is 52.4 Å². The second kappa shape index (κ2) is 6.57. The van der Waals surface area contributed by atoms with E-state index < -0.39 is 0 Å². The van der Waals surface area contributed by atoms with Crippen molar-refractivity contribution in [3.63, 3.8) is 0 Å². The molecule has 0 spiro atoms. The Labute approximate surface area is 133 Å². The van der Waals surface area contributed by atoms with E-state index in [1.54, 1.807) is 6.92 Å². The van der Waals surface area contributed by atoms with Crippen LogP contribution in [-0.4, -0.2) is 70.8 Å². The van der Waals surface area contributed by atoms with Crippen LogP contribution < -0.4 is 0 Å². The second-order valence-electron chi connectivity index (χ2n) is 7.08. The van der Waals surface area contributed by atoms with Crippen molar-refractivity contribution in [1.82, 2.24) is 14.7 Å². The zero-order valence-electron chi connectivity index (χ0n) is 14.0. The monoisotopic (exact) mass is 307 g/mol. The van der Waals surface area contributed by atoms with Crippen molar-refractivity contribution in [2.45, 2.75) is 70.5 Å². The first-order valence-corrected chi connectivity index (χ1v) is 8.91. The van der Waals surface area contributed by atoms with Crippen molar-refractivity contribution >= 4 is 11.8 Å². The Balaban J connectivity index is 1.69. The Morgan fingerprint density at radius 2 is 1.55 bits per heavy atom. The maximum absolute atomic E-state index is 12.7. The first-order chi connectivity index (χ1) is 10.6. The molecule has 3 fully saturated rings. The number of nitrogens with zero attached hydrogens (tertiary/aromatic N) is 3. The van der Waals surface area contributed by atoms with Crippen molar-refractivity contribution in [3.8, 4) is 0 Å². The fourth-order valence-corrected chi connectivity index (χ4v) is 4.64. The van der Waals surface area contributed by atoms with Crippen molar-refractivity contribution in [3.05, 3.63) is 0 Å². The van der Waals surface area contributed by atoms with Crippen molar-refractivity contribution in [1.29, 1.82) is 0 Å². The average molecular weight is 307 g/mol. The van der Waals surface area contributed by atoms with Gasteiger partial charge in [0.2, 0.25) is 11.8 Å². The lowest BCUT2D eigenvalue weighted by Gasteiger charge is -2.38. The van der Waals surface area contributed by atoms with Crippen LogP contribution in [0.2, 0.25) is 0 Å². The molecule has 0 aliphatic carbocycles. The third-order valence-electron chi connectivity index (χ3n) is 5.76. The van der Waals surface area contributed by atoms with Crippen LogP contribution >= 0.6 is 0 Å². The van der Waals surface area contributed by atoms with E-state index in [0.717, 1.165) is 64.7 Å². The molecule has 2 amide bonds. The van der Waals surface area contributed by atoms with Gasteiger partial charge in [0.15, 0.2) is 0 Å². The van der Waals surface area contributed by atoms with Gasteiger partial charge in [-0.1, -0.05) is 0 Å². The van der Waals surface area contributed by atoms with Crippen molar-refractivity contribution in [2.24, 2.45) is 0 Å². The van der Waals surface area contributed by atoms with Gasteiger partial charge >= 0.3 is 0 Å². The predicted octanol–water partition coefficient (Wildman–Crippen LogP) is 1.47. The third-order valence-corrected chi connectivity index (χ3v) is 5.76. The van der Waals surface area contributed by atoms with Crippen LogP contribution in [0.15, 0.2) is 0 Å². The fraction of sp³-hybridized carbons (Fsp3) is 0.882. The number of hydrogen-bond acceptors (Lipinski definition) is 3. The molecule has 0 unspecified atom stereocenters. The van der Waals surface area contributed by atoms with Gasteiger partial charge in [-0.25, -0.2) is 0 Å². The molecule has 3 aliphatic heterocycles. The maximum Gasteiger partial charge on any atom is 0.239 e. The van der Waals surface area contributed by atoms with Gasteiger partial charge in [-0.3, -0.25) is 14.5 Å². The molecule has 0 saturated carbocycles. The molecule has 3 saturated heterocycles. The van der Waals surface area contributed by atoms with Crippen molar-refractivity contribution in [2.75, 3.05) is 26.2 Å². The Kier molecular flexibility index (Phi) is 4.71. The van der Waals surface area contributed by atoms with Crippen LogP contribution in [0.3, 0.4) is 0 Å². The Morgan fingerprint density at radius 1 is 0.909 bits per heavy atom. The number of hydrogen-bond donors (Lipinski definition) is 0. The lowest BCUT2D eigenvalue weighted by Crippen LogP contribution is -2.54. The molecule has 3 rings (SSSR count). The van der Waals surface area contributed by atoms with Crippen molar-refractivity contribution < 1.29 is 9.59 Å². The van der Waals surface area contributed by atoms with Crippen LogP contribution in [0.4, 0.5) is 0 Å². The quantitative estimate of drug-likeness (QED) is 0.793. The highest BCUT2D eigenvalue weighted by atomic mass is 16.2. The summed E-state index contributed by atoms with van der Waals surface area (Å²) >= 11 is 0. The maximum atomic E-state index is 12.7. The smallest absolute Gasteiger partial charge is 0.239 e. The number of carbonyl (C=O) groups is 2. The van der Waals surface area contributed by atoms with E-state index in [9.17, 15) is 9.59 Å². The molecule has 3 atom stereocenters. The molecule has 3 heterocycles. The Hall–Kier alpha value is -1.10. The minimum Gasteiger partial charge on any atom is -0.341 e. The van der Waals surface area contributed by atoms with Gasteiger partial charge < -0.3 is 9.80 Å². The predicted molar refractivity (Wildman–Crippen MR) is 85.4 cm³/mol. The molecule has 5 nitrogen and oxygen atoms in total.